The summed E-state index contributed by atoms with van der Waals surface area (Å²) in [6.45, 7) is 0.378. The van der Waals surface area contributed by atoms with Crippen molar-refractivity contribution in [3.05, 3.63) is 59.1 Å². The molecule has 112 valence electrons. The first-order chi connectivity index (χ1) is 9.95. The summed E-state index contributed by atoms with van der Waals surface area (Å²) in [5.41, 5.74) is 6.73. The third-order valence-electron chi connectivity index (χ3n) is 3.09. The molecule has 0 saturated heterocycles. The van der Waals surface area contributed by atoms with Crippen molar-refractivity contribution in [3.8, 4) is 0 Å². The highest BCUT2D eigenvalue weighted by atomic mass is 35.5. The molecule has 2 N–H and O–H groups in total. The van der Waals surface area contributed by atoms with Crippen LogP contribution in [0.25, 0.3) is 0 Å². The monoisotopic (exact) mass is 325 g/mol. The molecule has 1 atom stereocenters. The fourth-order valence-electron chi connectivity index (χ4n) is 1.92. The molecule has 2 aromatic carbocycles. The van der Waals surface area contributed by atoms with Gasteiger partial charge in [0.2, 0.25) is 9.84 Å². The maximum absolute atomic E-state index is 12.5. The first kappa shape index (κ1) is 16.0. The second-order valence-electron chi connectivity index (χ2n) is 4.59. The van der Waals surface area contributed by atoms with Crippen molar-refractivity contribution < 1.29 is 13.2 Å². The Labute approximate surface area is 129 Å². The SMILES string of the molecule is COCC(N)c1ccc(S(=O)(=O)c2ccc(Cl)cc2)cc1. The molecule has 0 aliphatic rings. The van der Waals surface area contributed by atoms with Gasteiger partial charge in [-0.1, -0.05) is 23.7 Å². The summed E-state index contributed by atoms with van der Waals surface area (Å²) in [6, 6.07) is 12.3. The summed E-state index contributed by atoms with van der Waals surface area (Å²) in [5.74, 6) is 0. The minimum absolute atomic E-state index is 0.209. The average Bonchev–Trinajstić information content (AvgIpc) is 2.48. The van der Waals surface area contributed by atoms with Crippen molar-refractivity contribution in [1.29, 1.82) is 0 Å². The zero-order valence-electron chi connectivity index (χ0n) is 11.5. The number of benzene rings is 2. The Hall–Kier alpha value is -1.40. The molecule has 2 aromatic rings. The van der Waals surface area contributed by atoms with Gasteiger partial charge in [-0.25, -0.2) is 8.42 Å². The Morgan fingerprint density at radius 2 is 1.52 bits per heavy atom. The number of rotatable bonds is 5. The molecular formula is C15H16ClNO3S. The van der Waals surface area contributed by atoms with E-state index in [0.717, 1.165) is 5.56 Å². The van der Waals surface area contributed by atoms with E-state index in [0.29, 0.717) is 11.6 Å². The smallest absolute Gasteiger partial charge is 0.206 e. The van der Waals surface area contributed by atoms with Gasteiger partial charge in [0, 0.05) is 12.1 Å². The van der Waals surface area contributed by atoms with Crippen LogP contribution in [-0.2, 0) is 14.6 Å². The highest BCUT2D eigenvalue weighted by molar-refractivity contribution is 7.91. The average molecular weight is 326 g/mol. The van der Waals surface area contributed by atoms with Gasteiger partial charge in [-0.15, -0.1) is 0 Å². The van der Waals surface area contributed by atoms with E-state index in [1.165, 1.54) is 12.1 Å². The standard InChI is InChI=1S/C15H16ClNO3S/c1-20-10-15(17)11-2-6-13(7-3-11)21(18,19)14-8-4-12(16)5-9-14/h2-9,15H,10,17H2,1H3. The molecule has 6 heteroatoms. The summed E-state index contributed by atoms with van der Waals surface area (Å²) < 4.78 is 29.9. The quantitative estimate of drug-likeness (QED) is 0.917. The summed E-state index contributed by atoms with van der Waals surface area (Å²) in [5, 5.41) is 0.495. The van der Waals surface area contributed by atoms with Crippen LogP contribution in [0.5, 0.6) is 0 Å². The van der Waals surface area contributed by atoms with E-state index >= 15 is 0 Å². The van der Waals surface area contributed by atoms with Crippen molar-refractivity contribution in [2.24, 2.45) is 5.73 Å². The second kappa shape index (κ2) is 6.58. The van der Waals surface area contributed by atoms with E-state index in [2.05, 4.69) is 0 Å². The Kier molecular flexibility index (Phi) is 5.00. The topological polar surface area (TPSA) is 69.4 Å². The van der Waals surface area contributed by atoms with Crippen LogP contribution in [0, 0.1) is 0 Å². The van der Waals surface area contributed by atoms with Gasteiger partial charge in [0.15, 0.2) is 0 Å². The van der Waals surface area contributed by atoms with Gasteiger partial charge >= 0.3 is 0 Å². The minimum atomic E-state index is -3.54. The van der Waals surface area contributed by atoms with Gasteiger partial charge in [0.1, 0.15) is 0 Å². The van der Waals surface area contributed by atoms with Crippen LogP contribution in [0.2, 0.25) is 5.02 Å². The molecule has 1 unspecified atom stereocenters. The third-order valence-corrected chi connectivity index (χ3v) is 5.13. The van der Waals surface area contributed by atoms with Crippen molar-refractivity contribution >= 4 is 21.4 Å². The molecule has 4 nitrogen and oxygen atoms in total. The number of ether oxygens (including phenoxy) is 1. The maximum Gasteiger partial charge on any atom is 0.206 e. The molecular weight excluding hydrogens is 310 g/mol. The van der Waals surface area contributed by atoms with Crippen LogP contribution >= 0.6 is 11.6 Å². The normalized spacial score (nSPS) is 13.1. The summed E-state index contributed by atoms with van der Waals surface area (Å²) in [7, 11) is -1.97. The van der Waals surface area contributed by atoms with E-state index < -0.39 is 9.84 Å². The summed E-state index contributed by atoms with van der Waals surface area (Å²) in [4.78, 5) is 0.430. The Morgan fingerprint density at radius 3 is 2.00 bits per heavy atom. The van der Waals surface area contributed by atoms with Crippen LogP contribution in [0.1, 0.15) is 11.6 Å². The molecule has 0 aromatic heterocycles. The molecule has 0 spiro atoms. The van der Waals surface area contributed by atoms with Crippen LogP contribution in [-0.4, -0.2) is 22.1 Å². The molecule has 0 aliphatic heterocycles. The second-order valence-corrected chi connectivity index (χ2v) is 6.97. The predicted octanol–water partition coefficient (Wildman–Crippen LogP) is 2.82. The van der Waals surface area contributed by atoms with Crippen molar-refractivity contribution in [2.75, 3.05) is 13.7 Å². The number of hydrogen-bond donors (Lipinski definition) is 1. The Balaban J connectivity index is 2.31. The zero-order valence-corrected chi connectivity index (χ0v) is 13.1. The Bertz CT molecular complexity index is 697. The van der Waals surface area contributed by atoms with Gasteiger partial charge in [0.05, 0.1) is 22.4 Å². The molecule has 0 fully saturated rings. The predicted molar refractivity (Wildman–Crippen MR) is 82.2 cm³/mol. The third kappa shape index (κ3) is 3.63. The fourth-order valence-corrected chi connectivity index (χ4v) is 3.31. The van der Waals surface area contributed by atoms with Gasteiger partial charge in [-0.3, -0.25) is 0 Å². The van der Waals surface area contributed by atoms with Gasteiger partial charge < -0.3 is 10.5 Å². The molecule has 0 saturated carbocycles. The number of halogens is 1. The molecule has 0 radical (unpaired) electrons. The zero-order chi connectivity index (χ0) is 15.5. The molecule has 0 amide bonds. The van der Waals surface area contributed by atoms with Gasteiger partial charge in [-0.2, -0.15) is 0 Å². The van der Waals surface area contributed by atoms with Crippen LogP contribution in [0.15, 0.2) is 58.3 Å². The largest absolute Gasteiger partial charge is 0.383 e. The van der Waals surface area contributed by atoms with E-state index in [-0.39, 0.29) is 15.8 Å². The van der Waals surface area contributed by atoms with Gasteiger partial charge in [0.25, 0.3) is 0 Å². The van der Waals surface area contributed by atoms with E-state index in [9.17, 15) is 8.42 Å². The van der Waals surface area contributed by atoms with E-state index in [1.807, 2.05) is 0 Å². The number of nitrogens with two attached hydrogens (primary N) is 1. The van der Waals surface area contributed by atoms with Crippen molar-refractivity contribution in [3.63, 3.8) is 0 Å². The van der Waals surface area contributed by atoms with Crippen molar-refractivity contribution in [1.82, 2.24) is 0 Å². The number of sulfone groups is 1. The molecule has 0 aliphatic carbocycles. The lowest BCUT2D eigenvalue weighted by atomic mass is 10.1. The first-order valence-electron chi connectivity index (χ1n) is 6.30. The lowest BCUT2D eigenvalue weighted by Gasteiger charge is -2.11. The molecule has 0 heterocycles. The number of hydrogen-bond acceptors (Lipinski definition) is 4. The maximum atomic E-state index is 12.5. The van der Waals surface area contributed by atoms with Crippen LogP contribution in [0.4, 0.5) is 0 Å². The molecule has 21 heavy (non-hydrogen) atoms. The van der Waals surface area contributed by atoms with E-state index in [4.69, 9.17) is 22.1 Å². The summed E-state index contributed by atoms with van der Waals surface area (Å²) >= 11 is 5.77. The highest BCUT2D eigenvalue weighted by Crippen LogP contribution is 2.23. The number of methoxy groups -OCH3 is 1. The lowest BCUT2D eigenvalue weighted by molar-refractivity contribution is 0.181. The lowest BCUT2D eigenvalue weighted by Crippen LogP contribution is -2.16. The summed E-state index contributed by atoms with van der Waals surface area (Å²) in [6.07, 6.45) is 0. The fraction of sp³-hybridized carbons (Fsp3) is 0.200. The first-order valence-corrected chi connectivity index (χ1v) is 8.16. The van der Waals surface area contributed by atoms with Crippen LogP contribution < -0.4 is 5.73 Å². The highest BCUT2D eigenvalue weighted by Gasteiger charge is 2.17. The Morgan fingerprint density at radius 1 is 1.05 bits per heavy atom. The minimum Gasteiger partial charge on any atom is -0.383 e. The molecule has 0 bridgehead atoms. The van der Waals surface area contributed by atoms with E-state index in [1.54, 1.807) is 43.5 Å². The van der Waals surface area contributed by atoms with Crippen LogP contribution in [0.3, 0.4) is 0 Å². The van der Waals surface area contributed by atoms with Gasteiger partial charge in [-0.05, 0) is 42.0 Å². The molecule has 2 rings (SSSR count). The van der Waals surface area contributed by atoms with Crippen molar-refractivity contribution in [2.45, 2.75) is 15.8 Å².